The largest absolute Gasteiger partial charge is 0.472 e. The molecule has 11 heavy (non-hydrogen) atoms. The molecule has 0 amide bonds. The molecule has 1 atom stereocenters. The molecule has 0 aliphatic rings. The van der Waals surface area contributed by atoms with Crippen molar-refractivity contribution in [3.05, 3.63) is 0 Å². The highest BCUT2D eigenvalue weighted by molar-refractivity contribution is 7.46. The van der Waals surface area contributed by atoms with Crippen molar-refractivity contribution in [1.82, 2.24) is 0 Å². The normalized spacial score (nSPS) is 14.2. The van der Waals surface area contributed by atoms with E-state index in [1.807, 2.05) is 0 Å². The third-order valence-corrected chi connectivity index (χ3v) is 1.19. The zero-order valence-corrected chi connectivity index (χ0v) is 6.95. The molecule has 0 aromatic carbocycles. The van der Waals surface area contributed by atoms with Crippen LogP contribution < -0.4 is 0 Å². The first-order chi connectivity index (χ1) is 4.81. The number of hydrogen-bond acceptors (Lipinski definition) is 4. The van der Waals surface area contributed by atoms with E-state index < -0.39 is 20.1 Å². The number of rotatable bonds is 3. The van der Waals surface area contributed by atoms with Gasteiger partial charge in [-0.15, -0.1) is 0 Å². The molecule has 0 aliphatic carbocycles. The molecule has 0 spiro atoms. The SMILES string of the molecule is CC(=O)OC(C)OP(=O)(O)O. The summed E-state index contributed by atoms with van der Waals surface area (Å²) in [4.78, 5) is 26.6. The summed E-state index contributed by atoms with van der Waals surface area (Å²) in [6.07, 6.45) is -1.23. The van der Waals surface area contributed by atoms with Crippen LogP contribution in [0.2, 0.25) is 0 Å². The third-order valence-electron chi connectivity index (χ3n) is 0.618. The van der Waals surface area contributed by atoms with Gasteiger partial charge in [0.2, 0.25) is 6.29 Å². The van der Waals surface area contributed by atoms with Crippen LogP contribution in [0.4, 0.5) is 0 Å². The number of esters is 1. The lowest BCUT2D eigenvalue weighted by Gasteiger charge is -2.12. The van der Waals surface area contributed by atoms with Gasteiger partial charge in [-0.2, -0.15) is 0 Å². The van der Waals surface area contributed by atoms with E-state index in [-0.39, 0.29) is 0 Å². The van der Waals surface area contributed by atoms with E-state index >= 15 is 0 Å². The van der Waals surface area contributed by atoms with Crippen LogP contribution in [0.25, 0.3) is 0 Å². The fraction of sp³-hybridized carbons (Fsp3) is 0.750. The van der Waals surface area contributed by atoms with Crippen molar-refractivity contribution in [2.75, 3.05) is 0 Å². The Morgan fingerprint density at radius 2 is 2.00 bits per heavy atom. The highest BCUT2D eigenvalue weighted by Gasteiger charge is 2.20. The number of hydrogen-bond donors (Lipinski definition) is 2. The monoisotopic (exact) mass is 184 g/mol. The van der Waals surface area contributed by atoms with Crippen LogP contribution in [0.15, 0.2) is 0 Å². The number of phosphoric acid groups is 1. The first-order valence-corrected chi connectivity index (χ1v) is 4.25. The Balaban J connectivity index is 3.79. The minimum absolute atomic E-state index is 0.661. The summed E-state index contributed by atoms with van der Waals surface area (Å²) in [6, 6.07) is 0. The molecule has 0 fully saturated rings. The van der Waals surface area contributed by atoms with Crippen LogP contribution in [0.3, 0.4) is 0 Å². The van der Waals surface area contributed by atoms with Crippen molar-refractivity contribution >= 4 is 13.8 Å². The first kappa shape index (κ1) is 10.6. The second kappa shape index (κ2) is 3.82. The Morgan fingerprint density at radius 3 is 2.27 bits per heavy atom. The summed E-state index contributed by atoms with van der Waals surface area (Å²) < 4.78 is 18.3. The van der Waals surface area contributed by atoms with Crippen LogP contribution in [-0.4, -0.2) is 22.0 Å². The molecule has 0 rings (SSSR count). The average molecular weight is 184 g/mol. The van der Waals surface area contributed by atoms with Gasteiger partial charge in [0.05, 0.1) is 0 Å². The summed E-state index contributed by atoms with van der Waals surface area (Å²) in [7, 11) is -4.56. The lowest BCUT2D eigenvalue weighted by Crippen LogP contribution is -2.14. The lowest BCUT2D eigenvalue weighted by molar-refractivity contribution is -0.159. The highest BCUT2D eigenvalue weighted by Crippen LogP contribution is 2.37. The maximum absolute atomic E-state index is 10.2. The Kier molecular flexibility index (Phi) is 3.68. The molecule has 0 radical (unpaired) electrons. The smallest absolute Gasteiger partial charge is 0.436 e. The fourth-order valence-corrected chi connectivity index (χ4v) is 0.878. The Hall–Kier alpha value is -0.420. The Bertz CT molecular complexity index is 183. The maximum atomic E-state index is 10.2. The summed E-state index contributed by atoms with van der Waals surface area (Å²) >= 11 is 0. The molecule has 0 bridgehead atoms. The molecular weight excluding hydrogens is 175 g/mol. The van der Waals surface area contributed by atoms with Crippen molar-refractivity contribution in [3.63, 3.8) is 0 Å². The first-order valence-electron chi connectivity index (χ1n) is 2.72. The van der Waals surface area contributed by atoms with Gasteiger partial charge in [0.25, 0.3) is 0 Å². The number of carbonyl (C=O) groups is 1. The van der Waals surface area contributed by atoms with Gasteiger partial charge in [0.15, 0.2) is 0 Å². The minimum Gasteiger partial charge on any atom is -0.436 e. The van der Waals surface area contributed by atoms with E-state index in [1.165, 1.54) is 6.92 Å². The summed E-state index contributed by atoms with van der Waals surface area (Å²) in [6.45, 7) is 2.32. The Labute approximate surface area is 63.4 Å². The van der Waals surface area contributed by atoms with Crippen molar-refractivity contribution in [1.29, 1.82) is 0 Å². The quantitative estimate of drug-likeness (QED) is 0.364. The van der Waals surface area contributed by atoms with Gasteiger partial charge < -0.3 is 14.5 Å². The fourth-order valence-electron chi connectivity index (χ4n) is 0.449. The summed E-state index contributed by atoms with van der Waals surface area (Å²) in [5, 5.41) is 0. The van der Waals surface area contributed by atoms with E-state index in [4.69, 9.17) is 9.79 Å². The van der Waals surface area contributed by atoms with Crippen molar-refractivity contribution in [2.45, 2.75) is 20.1 Å². The van der Waals surface area contributed by atoms with E-state index in [2.05, 4.69) is 9.26 Å². The van der Waals surface area contributed by atoms with Crippen molar-refractivity contribution in [3.8, 4) is 0 Å². The van der Waals surface area contributed by atoms with E-state index in [1.54, 1.807) is 0 Å². The van der Waals surface area contributed by atoms with Crippen LogP contribution in [0, 0.1) is 0 Å². The molecule has 7 heteroatoms. The van der Waals surface area contributed by atoms with Gasteiger partial charge in [-0.1, -0.05) is 0 Å². The van der Waals surface area contributed by atoms with Gasteiger partial charge in [-0.3, -0.25) is 4.79 Å². The van der Waals surface area contributed by atoms with E-state index in [0.717, 1.165) is 6.92 Å². The van der Waals surface area contributed by atoms with Gasteiger partial charge in [0.1, 0.15) is 0 Å². The number of phosphoric ester groups is 1. The van der Waals surface area contributed by atoms with Crippen LogP contribution in [0.1, 0.15) is 13.8 Å². The Morgan fingerprint density at radius 1 is 1.55 bits per heavy atom. The molecule has 0 saturated heterocycles. The number of ether oxygens (including phenoxy) is 1. The molecule has 0 saturated carbocycles. The minimum atomic E-state index is -4.56. The van der Waals surface area contributed by atoms with Crippen molar-refractivity contribution in [2.24, 2.45) is 0 Å². The van der Waals surface area contributed by atoms with Gasteiger partial charge in [-0.25, -0.2) is 9.09 Å². The van der Waals surface area contributed by atoms with E-state index in [9.17, 15) is 9.36 Å². The molecule has 0 aromatic rings. The van der Waals surface area contributed by atoms with Crippen LogP contribution in [0.5, 0.6) is 0 Å². The third kappa shape index (κ3) is 7.48. The average Bonchev–Trinajstić information content (AvgIpc) is 1.53. The maximum Gasteiger partial charge on any atom is 0.472 e. The lowest BCUT2D eigenvalue weighted by atomic mass is 10.7. The van der Waals surface area contributed by atoms with Gasteiger partial charge in [-0.05, 0) is 6.92 Å². The van der Waals surface area contributed by atoms with Crippen molar-refractivity contribution < 1.29 is 28.4 Å². The van der Waals surface area contributed by atoms with Crippen LogP contribution >= 0.6 is 7.82 Å². The zero-order chi connectivity index (χ0) is 9.07. The standard InChI is InChI=1S/C4H9O6P/c1-3(5)9-4(2)10-11(6,7)8/h4H,1-2H3,(H2,6,7,8). The second-order valence-electron chi connectivity index (χ2n) is 1.77. The summed E-state index contributed by atoms with van der Waals surface area (Å²) in [5.74, 6) is -0.661. The molecule has 0 aromatic heterocycles. The number of carbonyl (C=O) groups excluding carboxylic acids is 1. The molecule has 1 unspecified atom stereocenters. The molecule has 66 valence electrons. The summed E-state index contributed by atoms with van der Waals surface area (Å²) in [5.41, 5.74) is 0. The molecule has 0 aliphatic heterocycles. The molecular formula is C4H9O6P. The molecule has 0 heterocycles. The van der Waals surface area contributed by atoms with Gasteiger partial charge >= 0.3 is 13.8 Å². The van der Waals surface area contributed by atoms with Gasteiger partial charge in [0, 0.05) is 6.92 Å². The zero-order valence-electron chi connectivity index (χ0n) is 6.05. The van der Waals surface area contributed by atoms with Crippen LogP contribution in [-0.2, 0) is 18.6 Å². The molecule has 6 nitrogen and oxygen atoms in total. The predicted octanol–water partition coefficient (Wildman–Crippen LogP) is 0.00480. The van der Waals surface area contributed by atoms with E-state index in [0.29, 0.717) is 0 Å². The topological polar surface area (TPSA) is 93.1 Å². The second-order valence-corrected chi connectivity index (χ2v) is 2.97. The molecule has 2 N–H and O–H groups in total. The predicted molar refractivity (Wildman–Crippen MR) is 34.4 cm³/mol. The highest BCUT2D eigenvalue weighted by atomic mass is 31.2.